The van der Waals surface area contributed by atoms with E-state index in [4.69, 9.17) is 28.5 Å². The van der Waals surface area contributed by atoms with Crippen molar-refractivity contribution >= 4 is 26.9 Å². The Balaban J connectivity index is 3.99. The summed E-state index contributed by atoms with van der Waals surface area (Å²) in [7, 11) is -2.61. The third-order valence-corrected chi connectivity index (χ3v) is 10.0. The molecule has 0 atom stereocenters. The lowest BCUT2D eigenvalue weighted by atomic mass is 10.5. The third kappa shape index (κ3) is 14.7. The van der Waals surface area contributed by atoms with Crippen molar-refractivity contribution in [2.75, 3.05) is 39.6 Å². The van der Waals surface area contributed by atoms with Gasteiger partial charge in [0.05, 0.1) is 36.7 Å². The normalized spacial score (nSPS) is 13.1. The second-order valence-electron chi connectivity index (χ2n) is 7.20. The van der Waals surface area contributed by atoms with Gasteiger partial charge < -0.3 is 28.5 Å². The fourth-order valence-electron chi connectivity index (χ4n) is 2.57. The van der Waals surface area contributed by atoms with Crippen molar-refractivity contribution in [3.05, 3.63) is 0 Å². The molecule has 0 saturated heterocycles. The van der Waals surface area contributed by atoms with E-state index in [1.165, 1.54) is 0 Å². The average molecular weight is 399 g/mol. The molecule has 6 nitrogen and oxygen atoms in total. The molecule has 24 heavy (non-hydrogen) atoms. The molecule has 0 radical (unpaired) electrons. The Morgan fingerprint density at radius 3 is 1.46 bits per heavy atom. The number of aliphatic hydroxyl groups is 2. The first kappa shape index (κ1) is 24.4. The number of ether oxygens (including phenoxy) is 2. The molecule has 9 heteroatoms. The SMILES string of the molecule is C[Si](C)(CCCOCCO)OC([SiH3])O[Si](C)(C)CCCOCCO. The molecule has 0 amide bonds. The van der Waals surface area contributed by atoms with E-state index >= 15 is 0 Å². The Morgan fingerprint density at radius 2 is 1.12 bits per heavy atom. The Morgan fingerprint density at radius 1 is 0.750 bits per heavy atom. The van der Waals surface area contributed by atoms with Gasteiger partial charge in [-0.15, -0.1) is 0 Å². The molecule has 2 N–H and O–H groups in total. The van der Waals surface area contributed by atoms with Gasteiger partial charge in [-0.1, -0.05) is 0 Å². The molecule has 0 fully saturated rings. The standard InChI is InChI=1S/C15H38O6Si3/c1-23(2,13-5-9-18-11-7-16)20-15(22)21-24(3,4)14-6-10-19-12-8-17/h15-17H,5-14H2,1-4,22H3. The molecular weight excluding hydrogens is 360 g/mol. The molecule has 0 aromatic carbocycles. The van der Waals surface area contributed by atoms with Gasteiger partial charge >= 0.3 is 0 Å². The summed E-state index contributed by atoms with van der Waals surface area (Å²) >= 11 is 0. The predicted octanol–water partition coefficient (Wildman–Crippen LogP) is 0.877. The molecule has 0 aliphatic rings. The van der Waals surface area contributed by atoms with Crippen molar-refractivity contribution in [2.24, 2.45) is 0 Å². The van der Waals surface area contributed by atoms with E-state index in [1.807, 2.05) is 0 Å². The summed E-state index contributed by atoms with van der Waals surface area (Å²) in [6.07, 6.45) is 1.94. The highest BCUT2D eigenvalue weighted by Gasteiger charge is 2.29. The van der Waals surface area contributed by atoms with Gasteiger partial charge in [0.15, 0.2) is 16.6 Å². The first-order valence-electron chi connectivity index (χ1n) is 8.95. The van der Waals surface area contributed by atoms with Gasteiger partial charge in [0.1, 0.15) is 5.91 Å². The molecule has 0 heterocycles. The zero-order valence-corrected chi connectivity index (χ0v) is 20.2. The summed E-state index contributed by atoms with van der Waals surface area (Å²) in [6, 6.07) is 2.08. The van der Waals surface area contributed by atoms with E-state index in [0.29, 0.717) is 26.4 Å². The van der Waals surface area contributed by atoms with E-state index in [0.717, 1.165) is 35.2 Å². The van der Waals surface area contributed by atoms with E-state index in [-0.39, 0.29) is 19.1 Å². The molecule has 0 saturated carbocycles. The summed E-state index contributed by atoms with van der Waals surface area (Å²) in [5.41, 5.74) is 0. The van der Waals surface area contributed by atoms with Crippen LogP contribution in [0.5, 0.6) is 0 Å². The van der Waals surface area contributed by atoms with Gasteiger partial charge in [-0.3, -0.25) is 0 Å². The van der Waals surface area contributed by atoms with E-state index in [2.05, 4.69) is 26.2 Å². The van der Waals surface area contributed by atoms with Crippen molar-refractivity contribution in [1.29, 1.82) is 0 Å². The van der Waals surface area contributed by atoms with E-state index in [1.54, 1.807) is 0 Å². The molecule has 0 aromatic heterocycles. The first-order valence-corrected chi connectivity index (χ1v) is 16.3. The number of hydrogen-bond acceptors (Lipinski definition) is 6. The molecular formula is C15H38O6Si3. The quantitative estimate of drug-likeness (QED) is 0.228. The van der Waals surface area contributed by atoms with Crippen molar-refractivity contribution in [3.63, 3.8) is 0 Å². The van der Waals surface area contributed by atoms with Crippen LogP contribution >= 0.6 is 0 Å². The van der Waals surface area contributed by atoms with Crippen LogP contribution in [0.1, 0.15) is 12.8 Å². The van der Waals surface area contributed by atoms with Crippen LogP contribution in [-0.4, -0.2) is 82.6 Å². The average Bonchev–Trinajstić information content (AvgIpc) is 2.45. The minimum atomic E-state index is -1.74. The lowest BCUT2D eigenvalue weighted by Gasteiger charge is -2.33. The second kappa shape index (κ2) is 13.6. The fourth-order valence-corrected chi connectivity index (χ4v) is 10.6. The van der Waals surface area contributed by atoms with Crippen molar-refractivity contribution < 1.29 is 28.5 Å². The monoisotopic (exact) mass is 398 g/mol. The maximum absolute atomic E-state index is 8.69. The van der Waals surface area contributed by atoms with Gasteiger partial charge in [-0.05, 0) is 51.1 Å². The maximum Gasteiger partial charge on any atom is 0.189 e. The number of hydrogen-bond donors (Lipinski definition) is 2. The molecule has 0 aromatic rings. The molecule has 146 valence electrons. The van der Waals surface area contributed by atoms with Gasteiger partial charge in [0.2, 0.25) is 0 Å². The minimum Gasteiger partial charge on any atom is -0.398 e. The van der Waals surface area contributed by atoms with Crippen molar-refractivity contribution in [1.82, 2.24) is 0 Å². The zero-order chi connectivity index (χ0) is 18.5. The lowest BCUT2D eigenvalue weighted by Crippen LogP contribution is -2.43. The number of aliphatic hydroxyl groups excluding tert-OH is 2. The largest absolute Gasteiger partial charge is 0.398 e. The van der Waals surface area contributed by atoms with Gasteiger partial charge in [-0.25, -0.2) is 0 Å². The fraction of sp³-hybridized carbons (Fsp3) is 1.00. The summed E-state index contributed by atoms with van der Waals surface area (Å²) in [5, 5.41) is 17.4. The molecule has 0 bridgehead atoms. The Hall–Kier alpha value is 0.411. The maximum atomic E-state index is 8.69. The molecule has 0 spiro atoms. The van der Waals surface area contributed by atoms with Crippen LogP contribution in [0.2, 0.25) is 38.3 Å². The summed E-state index contributed by atoms with van der Waals surface area (Å²) in [6.45, 7) is 11.3. The summed E-state index contributed by atoms with van der Waals surface area (Å²) < 4.78 is 23.2. The Labute approximate surface area is 152 Å². The highest BCUT2D eigenvalue weighted by Crippen LogP contribution is 2.20. The second-order valence-corrected chi connectivity index (χ2v) is 16.7. The Bertz CT molecular complexity index is 277. The van der Waals surface area contributed by atoms with Crippen LogP contribution in [0, 0.1) is 0 Å². The topological polar surface area (TPSA) is 77.4 Å². The van der Waals surface area contributed by atoms with Crippen LogP contribution in [0.25, 0.3) is 0 Å². The van der Waals surface area contributed by atoms with Crippen LogP contribution in [0.3, 0.4) is 0 Å². The summed E-state index contributed by atoms with van der Waals surface area (Å²) in [4.78, 5) is 0. The highest BCUT2D eigenvalue weighted by molar-refractivity contribution is 6.72. The first-order chi connectivity index (χ1) is 11.2. The van der Waals surface area contributed by atoms with Crippen LogP contribution < -0.4 is 0 Å². The van der Waals surface area contributed by atoms with E-state index in [9.17, 15) is 0 Å². The van der Waals surface area contributed by atoms with Crippen LogP contribution in [-0.2, 0) is 18.3 Å². The molecule has 0 aliphatic heterocycles. The Kier molecular flexibility index (Phi) is 13.8. The highest BCUT2D eigenvalue weighted by atomic mass is 28.4. The third-order valence-electron chi connectivity index (χ3n) is 3.58. The van der Waals surface area contributed by atoms with E-state index < -0.39 is 16.6 Å². The zero-order valence-electron chi connectivity index (χ0n) is 16.2. The molecule has 0 unspecified atom stereocenters. The van der Waals surface area contributed by atoms with Crippen LogP contribution in [0.4, 0.5) is 0 Å². The number of rotatable bonds is 16. The van der Waals surface area contributed by atoms with Crippen molar-refractivity contribution in [2.45, 2.75) is 57.0 Å². The van der Waals surface area contributed by atoms with Gasteiger partial charge in [0, 0.05) is 13.2 Å². The molecule has 0 aliphatic carbocycles. The lowest BCUT2D eigenvalue weighted by molar-refractivity contribution is 0.0576. The molecule has 0 rings (SSSR count). The van der Waals surface area contributed by atoms with Crippen LogP contribution in [0.15, 0.2) is 0 Å². The minimum absolute atomic E-state index is 0.0370. The smallest absolute Gasteiger partial charge is 0.189 e. The van der Waals surface area contributed by atoms with Gasteiger partial charge in [0.25, 0.3) is 0 Å². The predicted molar refractivity (Wildman–Crippen MR) is 106 cm³/mol. The van der Waals surface area contributed by atoms with Crippen molar-refractivity contribution in [3.8, 4) is 0 Å². The summed E-state index contributed by atoms with van der Waals surface area (Å²) in [5.74, 6) is -0.0370. The van der Waals surface area contributed by atoms with Gasteiger partial charge in [-0.2, -0.15) is 0 Å².